The topological polar surface area (TPSA) is 61.4 Å². The lowest BCUT2D eigenvalue weighted by Gasteiger charge is -2.25. The van der Waals surface area contributed by atoms with Crippen LogP contribution in [0.25, 0.3) is 10.8 Å². The van der Waals surface area contributed by atoms with E-state index in [1.807, 2.05) is 56.4 Å². The van der Waals surface area contributed by atoms with Gasteiger partial charge in [0.1, 0.15) is 0 Å². The van der Waals surface area contributed by atoms with Gasteiger partial charge in [0, 0.05) is 17.1 Å². The number of carbonyl (C=O) groups excluding carboxylic acids is 2. The van der Waals surface area contributed by atoms with Crippen molar-refractivity contribution in [3.8, 4) is 0 Å². The van der Waals surface area contributed by atoms with Gasteiger partial charge in [0.05, 0.1) is 12.6 Å². The summed E-state index contributed by atoms with van der Waals surface area (Å²) in [4.78, 5) is 26.6. The van der Waals surface area contributed by atoms with Crippen molar-refractivity contribution in [3.63, 3.8) is 0 Å². The van der Waals surface area contributed by atoms with Gasteiger partial charge in [0.2, 0.25) is 11.8 Å². The monoisotopic (exact) mass is 353 g/mol. The zero-order chi connectivity index (χ0) is 18.5. The highest BCUT2D eigenvalue weighted by molar-refractivity contribution is 6.02. The van der Waals surface area contributed by atoms with Gasteiger partial charge in [0.15, 0.2) is 0 Å². The summed E-state index contributed by atoms with van der Waals surface area (Å²) in [7, 11) is 1.81. The van der Waals surface area contributed by atoms with E-state index in [1.165, 1.54) is 12.8 Å². The Morgan fingerprint density at radius 1 is 1.12 bits per heavy atom. The average molecular weight is 353 g/mol. The molecule has 1 atom stereocenters. The van der Waals surface area contributed by atoms with Crippen molar-refractivity contribution in [1.82, 2.24) is 10.2 Å². The third-order valence-electron chi connectivity index (χ3n) is 5.20. The van der Waals surface area contributed by atoms with Crippen LogP contribution in [0, 0.1) is 0 Å². The van der Waals surface area contributed by atoms with Gasteiger partial charge in [-0.1, -0.05) is 49.2 Å². The van der Waals surface area contributed by atoms with Gasteiger partial charge >= 0.3 is 0 Å². The second kappa shape index (κ2) is 8.32. The molecule has 2 aromatic rings. The molecule has 1 fully saturated rings. The van der Waals surface area contributed by atoms with Crippen molar-refractivity contribution in [2.24, 2.45) is 0 Å². The lowest BCUT2D eigenvalue weighted by Crippen LogP contribution is -2.48. The third-order valence-corrected chi connectivity index (χ3v) is 5.20. The predicted octanol–water partition coefficient (Wildman–Crippen LogP) is 3.16. The minimum Gasteiger partial charge on any atom is -0.352 e. The first-order valence-corrected chi connectivity index (χ1v) is 9.33. The molecular formula is C21H27N3O2. The summed E-state index contributed by atoms with van der Waals surface area (Å²) in [5.74, 6) is -0.123. The largest absolute Gasteiger partial charge is 0.352 e. The van der Waals surface area contributed by atoms with Gasteiger partial charge < -0.3 is 10.6 Å². The van der Waals surface area contributed by atoms with Gasteiger partial charge in [-0.3, -0.25) is 14.5 Å². The SMILES string of the molecule is C[C@H](C(=O)NC1CCCC1)N(C)CC(=O)Nc1cccc2ccccc12. The van der Waals surface area contributed by atoms with Crippen molar-refractivity contribution < 1.29 is 9.59 Å². The second-order valence-electron chi connectivity index (χ2n) is 7.16. The number of carbonyl (C=O) groups is 2. The molecule has 2 aromatic carbocycles. The molecule has 138 valence electrons. The maximum atomic E-state index is 12.5. The first kappa shape index (κ1) is 18.4. The summed E-state index contributed by atoms with van der Waals surface area (Å²) in [5.41, 5.74) is 0.796. The number of benzene rings is 2. The molecule has 1 aliphatic rings. The zero-order valence-corrected chi connectivity index (χ0v) is 15.5. The van der Waals surface area contributed by atoms with Crippen LogP contribution in [-0.2, 0) is 9.59 Å². The predicted molar refractivity (Wildman–Crippen MR) is 105 cm³/mol. The molecule has 0 radical (unpaired) electrons. The van der Waals surface area contributed by atoms with Crippen LogP contribution in [-0.4, -0.2) is 42.4 Å². The van der Waals surface area contributed by atoms with Crippen LogP contribution in [0.1, 0.15) is 32.6 Å². The molecule has 1 aliphatic carbocycles. The van der Waals surface area contributed by atoms with Crippen LogP contribution in [0.5, 0.6) is 0 Å². The Morgan fingerprint density at radius 2 is 1.81 bits per heavy atom. The number of fused-ring (bicyclic) bond motifs is 1. The minimum atomic E-state index is -0.339. The number of nitrogens with zero attached hydrogens (tertiary/aromatic N) is 1. The van der Waals surface area contributed by atoms with Crippen LogP contribution in [0.15, 0.2) is 42.5 Å². The van der Waals surface area contributed by atoms with Gasteiger partial charge in [-0.15, -0.1) is 0 Å². The molecule has 3 rings (SSSR count). The van der Waals surface area contributed by atoms with Crippen LogP contribution >= 0.6 is 0 Å². The number of anilines is 1. The number of rotatable bonds is 6. The highest BCUT2D eigenvalue weighted by Crippen LogP contribution is 2.23. The van der Waals surface area contributed by atoms with Gasteiger partial charge in [-0.25, -0.2) is 0 Å². The fraction of sp³-hybridized carbons (Fsp3) is 0.429. The normalized spacial score (nSPS) is 16.0. The van der Waals surface area contributed by atoms with Gasteiger partial charge in [0.25, 0.3) is 0 Å². The molecule has 26 heavy (non-hydrogen) atoms. The van der Waals surface area contributed by atoms with E-state index < -0.39 is 0 Å². The Kier molecular flexibility index (Phi) is 5.89. The van der Waals surface area contributed by atoms with Crippen molar-refractivity contribution in [2.75, 3.05) is 18.9 Å². The Bertz CT molecular complexity index is 778. The summed E-state index contributed by atoms with van der Waals surface area (Å²) >= 11 is 0. The summed E-state index contributed by atoms with van der Waals surface area (Å²) in [6.07, 6.45) is 4.48. The van der Waals surface area contributed by atoms with Crippen molar-refractivity contribution >= 4 is 28.3 Å². The summed E-state index contributed by atoms with van der Waals surface area (Å²) in [6, 6.07) is 13.8. The molecule has 2 amide bonds. The van der Waals surface area contributed by atoms with E-state index in [0.717, 1.165) is 29.3 Å². The number of amides is 2. The molecule has 2 N–H and O–H groups in total. The molecular weight excluding hydrogens is 326 g/mol. The minimum absolute atomic E-state index is 0.00244. The van der Waals surface area contributed by atoms with E-state index in [0.29, 0.717) is 6.04 Å². The molecule has 0 saturated heterocycles. The van der Waals surface area contributed by atoms with Crippen LogP contribution in [0.3, 0.4) is 0 Å². The maximum absolute atomic E-state index is 12.5. The van der Waals surface area contributed by atoms with E-state index in [2.05, 4.69) is 10.6 Å². The van der Waals surface area contributed by atoms with E-state index in [-0.39, 0.29) is 24.4 Å². The molecule has 0 aliphatic heterocycles. The Hall–Kier alpha value is -2.40. The standard InChI is InChI=1S/C21H27N3O2/c1-15(21(26)22-17-10-4-5-11-17)24(2)14-20(25)23-19-13-7-9-16-8-3-6-12-18(16)19/h3,6-9,12-13,15,17H,4-5,10-11,14H2,1-2H3,(H,22,26)(H,23,25)/t15-/m1/s1. The number of hydrogen-bond acceptors (Lipinski definition) is 3. The summed E-state index contributed by atoms with van der Waals surface area (Å²) in [6.45, 7) is 2.01. The smallest absolute Gasteiger partial charge is 0.238 e. The summed E-state index contributed by atoms with van der Waals surface area (Å²) in [5, 5.41) is 8.16. The Morgan fingerprint density at radius 3 is 2.58 bits per heavy atom. The Balaban J connectivity index is 1.57. The fourth-order valence-electron chi connectivity index (χ4n) is 3.48. The van der Waals surface area contributed by atoms with Crippen molar-refractivity contribution in [3.05, 3.63) is 42.5 Å². The third kappa shape index (κ3) is 4.41. The molecule has 0 spiro atoms. The van der Waals surface area contributed by atoms with Crippen LogP contribution in [0.2, 0.25) is 0 Å². The number of nitrogens with one attached hydrogen (secondary N) is 2. The van der Waals surface area contributed by atoms with Gasteiger partial charge in [-0.2, -0.15) is 0 Å². The molecule has 1 saturated carbocycles. The van der Waals surface area contributed by atoms with E-state index in [1.54, 1.807) is 4.90 Å². The molecule has 5 heteroatoms. The lowest BCUT2D eigenvalue weighted by molar-refractivity contribution is -0.127. The first-order valence-electron chi connectivity index (χ1n) is 9.33. The van der Waals surface area contributed by atoms with E-state index >= 15 is 0 Å². The molecule has 0 heterocycles. The van der Waals surface area contributed by atoms with Crippen molar-refractivity contribution in [2.45, 2.75) is 44.7 Å². The van der Waals surface area contributed by atoms with Gasteiger partial charge in [-0.05, 0) is 38.3 Å². The number of likely N-dealkylation sites (N-methyl/N-ethyl adjacent to an activating group) is 1. The highest BCUT2D eigenvalue weighted by atomic mass is 16.2. The number of hydrogen-bond donors (Lipinski definition) is 2. The average Bonchev–Trinajstić information content (AvgIpc) is 3.14. The maximum Gasteiger partial charge on any atom is 0.238 e. The molecule has 0 unspecified atom stereocenters. The Labute approximate surface area is 154 Å². The fourth-order valence-corrected chi connectivity index (χ4v) is 3.48. The van der Waals surface area contributed by atoms with Crippen LogP contribution < -0.4 is 10.6 Å². The van der Waals surface area contributed by atoms with Crippen LogP contribution in [0.4, 0.5) is 5.69 Å². The summed E-state index contributed by atoms with van der Waals surface area (Å²) < 4.78 is 0. The highest BCUT2D eigenvalue weighted by Gasteiger charge is 2.24. The van der Waals surface area contributed by atoms with Crippen molar-refractivity contribution in [1.29, 1.82) is 0 Å². The van der Waals surface area contributed by atoms with E-state index in [4.69, 9.17) is 0 Å². The zero-order valence-electron chi connectivity index (χ0n) is 15.5. The molecule has 5 nitrogen and oxygen atoms in total. The quantitative estimate of drug-likeness (QED) is 0.839. The molecule has 0 bridgehead atoms. The molecule has 0 aromatic heterocycles. The first-order chi connectivity index (χ1) is 12.5. The lowest BCUT2D eigenvalue weighted by atomic mass is 10.1. The second-order valence-corrected chi connectivity index (χ2v) is 7.16. The van der Waals surface area contributed by atoms with E-state index in [9.17, 15) is 9.59 Å².